The quantitative estimate of drug-likeness (QED) is 0.758. The van der Waals surface area contributed by atoms with E-state index in [9.17, 15) is 4.79 Å². The highest BCUT2D eigenvalue weighted by atomic mass is 16.5. The molecule has 3 aliphatic heterocycles. The van der Waals surface area contributed by atoms with Crippen LogP contribution in [0.25, 0.3) is 0 Å². The Balaban J connectivity index is 1.29. The van der Waals surface area contributed by atoms with Crippen LogP contribution >= 0.6 is 0 Å². The van der Waals surface area contributed by atoms with Crippen LogP contribution in [0.3, 0.4) is 0 Å². The third-order valence-corrected chi connectivity index (χ3v) is 5.12. The first-order valence-electron chi connectivity index (χ1n) is 8.68. The maximum absolute atomic E-state index is 12.3. The molecule has 3 fully saturated rings. The van der Waals surface area contributed by atoms with E-state index in [1.54, 1.807) is 0 Å². The number of hydrogen-bond acceptors (Lipinski definition) is 3. The molecule has 3 saturated heterocycles. The molecule has 3 aliphatic rings. The van der Waals surface area contributed by atoms with Crippen molar-refractivity contribution in [2.24, 2.45) is 5.92 Å². The molecule has 2 unspecified atom stereocenters. The fourth-order valence-electron chi connectivity index (χ4n) is 3.82. The van der Waals surface area contributed by atoms with Gasteiger partial charge in [0.05, 0.1) is 6.04 Å². The molecule has 2 atom stereocenters. The minimum absolute atomic E-state index is 0.266. The zero-order valence-corrected chi connectivity index (χ0v) is 13.1. The Kier molecular flexibility index (Phi) is 5.36. The van der Waals surface area contributed by atoms with Crippen molar-refractivity contribution in [3.05, 3.63) is 0 Å². The Bertz CT molecular complexity index is 344. The minimum Gasteiger partial charge on any atom is -0.381 e. The fourth-order valence-corrected chi connectivity index (χ4v) is 3.82. The van der Waals surface area contributed by atoms with Crippen LogP contribution in [0.4, 0.5) is 4.79 Å². The van der Waals surface area contributed by atoms with E-state index in [-0.39, 0.29) is 6.03 Å². The van der Waals surface area contributed by atoms with E-state index in [1.165, 1.54) is 38.5 Å². The fraction of sp³-hybridized carbons (Fsp3) is 0.938. The van der Waals surface area contributed by atoms with Crippen molar-refractivity contribution in [3.63, 3.8) is 0 Å². The lowest BCUT2D eigenvalue weighted by Gasteiger charge is -2.27. The molecule has 0 spiro atoms. The Morgan fingerprint density at radius 2 is 2.14 bits per heavy atom. The number of hydrogen-bond donors (Lipinski definition) is 1. The second kappa shape index (κ2) is 7.45. The standard InChI is InChI=1S/C16H29N3O2/c20-16-18(12-15-5-1-2-9-19(15)16)10-8-17-7-6-14-4-3-11-21-13-14/h14-15,17H,1-13H2. The topological polar surface area (TPSA) is 44.8 Å². The third kappa shape index (κ3) is 3.89. The van der Waals surface area contributed by atoms with E-state index in [1.807, 2.05) is 4.90 Å². The summed E-state index contributed by atoms with van der Waals surface area (Å²) < 4.78 is 5.50. The summed E-state index contributed by atoms with van der Waals surface area (Å²) in [4.78, 5) is 16.4. The Morgan fingerprint density at radius 3 is 2.95 bits per heavy atom. The molecule has 0 radical (unpaired) electrons. The van der Waals surface area contributed by atoms with Crippen LogP contribution in [-0.2, 0) is 4.74 Å². The van der Waals surface area contributed by atoms with E-state index >= 15 is 0 Å². The SMILES string of the molecule is O=C1N(CCNCCC2CCCOC2)CC2CCCCN12. The van der Waals surface area contributed by atoms with Crippen LogP contribution in [0.5, 0.6) is 0 Å². The number of urea groups is 1. The summed E-state index contributed by atoms with van der Waals surface area (Å²) in [5.74, 6) is 0.730. The number of nitrogens with one attached hydrogen (secondary N) is 1. The molecule has 120 valence electrons. The molecule has 1 N–H and O–H groups in total. The van der Waals surface area contributed by atoms with Gasteiger partial charge in [0.25, 0.3) is 0 Å². The molecule has 3 rings (SSSR count). The van der Waals surface area contributed by atoms with Gasteiger partial charge < -0.3 is 19.9 Å². The molecule has 5 nitrogen and oxygen atoms in total. The van der Waals surface area contributed by atoms with Crippen molar-refractivity contribution in [1.82, 2.24) is 15.1 Å². The first kappa shape index (κ1) is 15.1. The average Bonchev–Trinajstić information content (AvgIpc) is 2.85. The van der Waals surface area contributed by atoms with Gasteiger partial charge in [0.15, 0.2) is 0 Å². The van der Waals surface area contributed by atoms with Crippen molar-refractivity contribution in [2.75, 3.05) is 45.9 Å². The van der Waals surface area contributed by atoms with E-state index < -0.39 is 0 Å². The first-order valence-corrected chi connectivity index (χ1v) is 8.68. The van der Waals surface area contributed by atoms with Gasteiger partial charge in [0, 0.05) is 39.4 Å². The highest BCUT2D eigenvalue weighted by Gasteiger charge is 2.37. The maximum Gasteiger partial charge on any atom is 0.320 e. The molecule has 0 aromatic heterocycles. The van der Waals surface area contributed by atoms with Crippen molar-refractivity contribution in [2.45, 2.75) is 44.6 Å². The lowest BCUT2D eigenvalue weighted by molar-refractivity contribution is 0.0518. The summed E-state index contributed by atoms with van der Waals surface area (Å²) in [6, 6.07) is 0.757. The van der Waals surface area contributed by atoms with Gasteiger partial charge in [0.2, 0.25) is 0 Å². The average molecular weight is 295 g/mol. The second-order valence-electron chi connectivity index (χ2n) is 6.69. The molecule has 21 heavy (non-hydrogen) atoms. The van der Waals surface area contributed by atoms with Gasteiger partial charge in [-0.15, -0.1) is 0 Å². The maximum atomic E-state index is 12.3. The van der Waals surface area contributed by atoms with Gasteiger partial charge in [-0.05, 0) is 51.0 Å². The normalized spacial score (nSPS) is 29.8. The molecular formula is C16H29N3O2. The molecule has 5 heteroatoms. The number of piperidine rings is 1. The molecule has 0 aromatic rings. The minimum atomic E-state index is 0.266. The van der Waals surface area contributed by atoms with Gasteiger partial charge in [-0.2, -0.15) is 0 Å². The predicted octanol–water partition coefficient (Wildman–Crippen LogP) is 1.68. The zero-order valence-electron chi connectivity index (χ0n) is 13.1. The van der Waals surface area contributed by atoms with E-state index in [2.05, 4.69) is 10.2 Å². The number of carbonyl (C=O) groups excluding carboxylic acids is 1. The van der Waals surface area contributed by atoms with Crippen molar-refractivity contribution >= 4 is 6.03 Å². The largest absolute Gasteiger partial charge is 0.381 e. The van der Waals surface area contributed by atoms with Crippen LogP contribution in [0.1, 0.15) is 38.5 Å². The van der Waals surface area contributed by atoms with E-state index in [0.29, 0.717) is 6.04 Å². The van der Waals surface area contributed by atoms with Crippen LogP contribution in [0.2, 0.25) is 0 Å². The molecular weight excluding hydrogens is 266 g/mol. The van der Waals surface area contributed by atoms with Gasteiger partial charge in [-0.3, -0.25) is 0 Å². The van der Waals surface area contributed by atoms with Crippen molar-refractivity contribution in [3.8, 4) is 0 Å². The predicted molar refractivity (Wildman–Crippen MR) is 82.3 cm³/mol. The number of fused-ring (bicyclic) bond motifs is 1. The Morgan fingerprint density at radius 1 is 1.19 bits per heavy atom. The number of nitrogens with zero attached hydrogens (tertiary/aromatic N) is 2. The summed E-state index contributed by atoms with van der Waals surface area (Å²) in [6.45, 7) is 6.60. The van der Waals surface area contributed by atoms with Crippen LogP contribution in [0.15, 0.2) is 0 Å². The summed E-state index contributed by atoms with van der Waals surface area (Å²) in [6.07, 6.45) is 7.37. The van der Waals surface area contributed by atoms with Crippen LogP contribution in [-0.4, -0.2) is 67.8 Å². The molecule has 3 heterocycles. The van der Waals surface area contributed by atoms with Crippen LogP contribution < -0.4 is 5.32 Å². The highest BCUT2D eigenvalue weighted by molar-refractivity contribution is 5.77. The number of carbonyl (C=O) groups is 1. The second-order valence-corrected chi connectivity index (χ2v) is 6.69. The third-order valence-electron chi connectivity index (χ3n) is 5.12. The van der Waals surface area contributed by atoms with Crippen molar-refractivity contribution < 1.29 is 9.53 Å². The smallest absolute Gasteiger partial charge is 0.320 e. The molecule has 0 aliphatic carbocycles. The van der Waals surface area contributed by atoms with Gasteiger partial charge in [-0.25, -0.2) is 4.79 Å². The van der Waals surface area contributed by atoms with Gasteiger partial charge in [0.1, 0.15) is 0 Å². The molecule has 0 saturated carbocycles. The molecule has 0 bridgehead atoms. The summed E-state index contributed by atoms with van der Waals surface area (Å²) >= 11 is 0. The Hall–Kier alpha value is -0.810. The first-order chi connectivity index (χ1) is 10.3. The number of amides is 2. The lowest BCUT2D eigenvalue weighted by Crippen LogP contribution is -2.39. The summed E-state index contributed by atoms with van der Waals surface area (Å²) in [5, 5.41) is 3.49. The highest BCUT2D eigenvalue weighted by Crippen LogP contribution is 2.24. The lowest BCUT2D eigenvalue weighted by atomic mass is 9.99. The van der Waals surface area contributed by atoms with E-state index in [0.717, 1.165) is 51.9 Å². The summed E-state index contributed by atoms with van der Waals surface area (Å²) in [7, 11) is 0. The van der Waals surface area contributed by atoms with Gasteiger partial charge >= 0.3 is 6.03 Å². The zero-order chi connectivity index (χ0) is 14.5. The van der Waals surface area contributed by atoms with E-state index in [4.69, 9.17) is 4.74 Å². The number of ether oxygens (including phenoxy) is 1. The number of rotatable bonds is 6. The molecule has 2 amide bonds. The monoisotopic (exact) mass is 295 g/mol. The van der Waals surface area contributed by atoms with Gasteiger partial charge in [-0.1, -0.05) is 0 Å². The Labute approximate surface area is 128 Å². The summed E-state index contributed by atoms with van der Waals surface area (Å²) in [5.41, 5.74) is 0. The molecule has 0 aromatic carbocycles. The van der Waals surface area contributed by atoms with Crippen LogP contribution in [0, 0.1) is 5.92 Å². The van der Waals surface area contributed by atoms with Crippen molar-refractivity contribution in [1.29, 1.82) is 0 Å².